The maximum atomic E-state index is 6.38. The zero-order chi connectivity index (χ0) is 15.1. The Hall–Kier alpha value is -1.05. The van der Waals surface area contributed by atoms with Crippen LogP contribution in [0.1, 0.15) is 57.2 Å². The normalized spacial score (nSPS) is 21.9. The van der Waals surface area contributed by atoms with Crippen molar-refractivity contribution in [2.75, 3.05) is 0 Å². The molecule has 1 nitrogen and oxygen atoms in total. The minimum atomic E-state index is 0.0129. The van der Waals surface area contributed by atoms with Crippen LogP contribution in [0.15, 0.2) is 42.0 Å². The Bertz CT molecular complexity index is 488. The summed E-state index contributed by atoms with van der Waals surface area (Å²) < 4.78 is 0. The molecule has 110 valence electrons. The second-order valence-corrected chi connectivity index (χ2v) is 5.66. The van der Waals surface area contributed by atoms with Crippen LogP contribution in [0.25, 0.3) is 0 Å². The summed E-state index contributed by atoms with van der Waals surface area (Å²) in [6.45, 7) is 9.63. The largest absolute Gasteiger partial charge is 0.321 e. The van der Waals surface area contributed by atoms with Crippen molar-refractivity contribution in [2.24, 2.45) is 5.73 Å². The molecule has 1 aliphatic carbocycles. The minimum absolute atomic E-state index is 0.0129. The molecule has 0 amide bonds. The molecule has 2 rings (SSSR count). The molecule has 2 heteroatoms. The number of rotatable bonds is 1. The molecular formula is C18H26ClN. The monoisotopic (exact) mass is 291 g/mol. The van der Waals surface area contributed by atoms with Crippen molar-refractivity contribution >= 4 is 11.6 Å². The van der Waals surface area contributed by atoms with Gasteiger partial charge >= 0.3 is 0 Å². The van der Waals surface area contributed by atoms with Crippen LogP contribution in [0.5, 0.6) is 0 Å². The van der Waals surface area contributed by atoms with Gasteiger partial charge in [-0.05, 0) is 62.8 Å². The van der Waals surface area contributed by atoms with Gasteiger partial charge in [0.25, 0.3) is 0 Å². The van der Waals surface area contributed by atoms with Crippen LogP contribution in [-0.2, 0) is 6.42 Å². The van der Waals surface area contributed by atoms with E-state index in [1.165, 1.54) is 35.1 Å². The number of hydrogen-bond donors (Lipinski definition) is 1. The maximum absolute atomic E-state index is 6.38. The predicted molar refractivity (Wildman–Crippen MR) is 90.2 cm³/mol. The van der Waals surface area contributed by atoms with Gasteiger partial charge in [-0.1, -0.05) is 41.8 Å². The van der Waals surface area contributed by atoms with Gasteiger partial charge < -0.3 is 5.73 Å². The highest BCUT2D eigenvalue weighted by atomic mass is 35.5. The van der Waals surface area contributed by atoms with Gasteiger partial charge in [0, 0.05) is 5.02 Å². The third kappa shape index (κ3) is 4.22. The zero-order valence-corrected chi connectivity index (χ0v) is 13.6. The number of benzene rings is 1. The molecule has 0 spiro atoms. The Kier molecular flexibility index (Phi) is 7.04. The van der Waals surface area contributed by atoms with Gasteiger partial charge in [-0.3, -0.25) is 0 Å². The summed E-state index contributed by atoms with van der Waals surface area (Å²) in [5.74, 6) is 0. The SMILES string of the molecule is C=CC.CC/C1=C(\C)C(N)c2cc(Cl)ccc2CCC1. The highest BCUT2D eigenvalue weighted by Gasteiger charge is 2.18. The summed E-state index contributed by atoms with van der Waals surface area (Å²) in [6, 6.07) is 6.14. The molecule has 1 aromatic carbocycles. The summed E-state index contributed by atoms with van der Waals surface area (Å²) in [6.07, 6.45) is 6.35. The first-order valence-electron chi connectivity index (χ1n) is 7.34. The molecule has 1 unspecified atom stereocenters. The van der Waals surface area contributed by atoms with Crippen LogP contribution >= 0.6 is 11.6 Å². The lowest BCUT2D eigenvalue weighted by atomic mass is 9.85. The third-order valence-corrected chi connectivity index (χ3v) is 4.05. The first kappa shape index (κ1) is 17.0. The number of aryl methyl sites for hydroxylation is 1. The second kappa shape index (κ2) is 8.28. The van der Waals surface area contributed by atoms with Crippen molar-refractivity contribution in [3.8, 4) is 0 Å². The lowest BCUT2D eigenvalue weighted by molar-refractivity contribution is 0.704. The minimum Gasteiger partial charge on any atom is -0.321 e. The second-order valence-electron chi connectivity index (χ2n) is 5.22. The summed E-state index contributed by atoms with van der Waals surface area (Å²) >= 11 is 6.08. The van der Waals surface area contributed by atoms with Crippen molar-refractivity contribution < 1.29 is 0 Å². The molecule has 0 aromatic heterocycles. The van der Waals surface area contributed by atoms with E-state index in [2.05, 4.69) is 26.5 Å². The molecule has 2 N–H and O–H groups in total. The van der Waals surface area contributed by atoms with Gasteiger partial charge in [0.15, 0.2) is 0 Å². The highest BCUT2D eigenvalue weighted by Crippen LogP contribution is 2.32. The van der Waals surface area contributed by atoms with Crippen molar-refractivity contribution in [1.82, 2.24) is 0 Å². The van der Waals surface area contributed by atoms with E-state index in [9.17, 15) is 0 Å². The van der Waals surface area contributed by atoms with Crippen LogP contribution in [0.4, 0.5) is 0 Å². The van der Waals surface area contributed by atoms with Crippen molar-refractivity contribution in [3.05, 3.63) is 58.1 Å². The fourth-order valence-electron chi connectivity index (χ4n) is 2.68. The number of hydrogen-bond acceptors (Lipinski definition) is 1. The topological polar surface area (TPSA) is 26.0 Å². The molecule has 0 heterocycles. The van der Waals surface area contributed by atoms with Gasteiger partial charge in [0.2, 0.25) is 0 Å². The van der Waals surface area contributed by atoms with Crippen molar-refractivity contribution in [3.63, 3.8) is 0 Å². The van der Waals surface area contributed by atoms with Gasteiger partial charge in [-0.2, -0.15) is 0 Å². The molecule has 1 atom stereocenters. The van der Waals surface area contributed by atoms with Crippen LogP contribution in [0.3, 0.4) is 0 Å². The summed E-state index contributed by atoms with van der Waals surface area (Å²) in [7, 11) is 0. The average Bonchev–Trinajstić information content (AvgIpc) is 2.43. The number of allylic oxidation sites excluding steroid dienone is 2. The van der Waals surface area contributed by atoms with Crippen LogP contribution in [-0.4, -0.2) is 0 Å². The Morgan fingerprint density at radius 3 is 2.65 bits per heavy atom. The fourth-order valence-corrected chi connectivity index (χ4v) is 2.86. The van der Waals surface area contributed by atoms with E-state index < -0.39 is 0 Å². The van der Waals surface area contributed by atoms with Crippen LogP contribution in [0.2, 0.25) is 5.02 Å². The molecule has 0 radical (unpaired) electrons. The molecule has 1 aromatic rings. The van der Waals surface area contributed by atoms with Gasteiger partial charge in [0.05, 0.1) is 6.04 Å². The summed E-state index contributed by atoms with van der Waals surface area (Å²) in [5, 5.41) is 0.783. The fraction of sp³-hybridized carbons (Fsp3) is 0.444. The lowest BCUT2D eigenvalue weighted by Crippen LogP contribution is -2.17. The first-order chi connectivity index (χ1) is 9.54. The molecular weight excluding hydrogens is 266 g/mol. The van der Waals surface area contributed by atoms with Gasteiger partial charge in [-0.25, -0.2) is 0 Å². The van der Waals surface area contributed by atoms with E-state index in [1.807, 2.05) is 19.1 Å². The van der Waals surface area contributed by atoms with Gasteiger partial charge in [-0.15, -0.1) is 6.58 Å². The number of fused-ring (bicyclic) bond motifs is 1. The average molecular weight is 292 g/mol. The van der Waals surface area contributed by atoms with Crippen LogP contribution in [0, 0.1) is 0 Å². The van der Waals surface area contributed by atoms with E-state index in [1.54, 1.807) is 6.08 Å². The Morgan fingerprint density at radius 2 is 2.05 bits per heavy atom. The highest BCUT2D eigenvalue weighted by molar-refractivity contribution is 6.30. The molecule has 0 aliphatic heterocycles. The number of halogens is 1. The summed E-state index contributed by atoms with van der Waals surface area (Å²) in [4.78, 5) is 0. The maximum Gasteiger partial charge on any atom is 0.0514 e. The quantitative estimate of drug-likeness (QED) is 0.670. The van der Waals surface area contributed by atoms with E-state index in [-0.39, 0.29) is 6.04 Å². The van der Waals surface area contributed by atoms with E-state index >= 15 is 0 Å². The molecule has 0 bridgehead atoms. The third-order valence-electron chi connectivity index (χ3n) is 3.82. The predicted octanol–water partition coefficient (Wildman–Crippen LogP) is 5.59. The molecule has 0 saturated carbocycles. The molecule has 1 aliphatic rings. The van der Waals surface area contributed by atoms with E-state index in [0.29, 0.717) is 0 Å². The Balaban J connectivity index is 0.000000612. The van der Waals surface area contributed by atoms with Crippen LogP contribution < -0.4 is 5.73 Å². The molecule has 20 heavy (non-hydrogen) atoms. The Morgan fingerprint density at radius 1 is 1.40 bits per heavy atom. The molecule has 0 saturated heterocycles. The summed E-state index contributed by atoms with van der Waals surface area (Å²) in [5.41, 5.74) is 11.8. The van der Waals surface area contributed by atoms with Crippen molar-refractivity contribution in [2.45, 2.75) is 52.5 Å². The smallest absolute Gasteiger partial charge is 0.0514 e. The first-order valence-corrected chi connectivity index (χ1v) is 7.72. The Labute approximate surface area is 128 Å². The van der Waals surface area contributed by atoms with E-state index in [4.69, 9.17) is 17.3 Å². The zero-order valence-electron chi connectivity index (χ0n) is 12.9. The molecule has 0 fully saturated rings. The standard InChI is InChI=1S/C15H20ClN.C3H6/c1-3-11-5-4-6-12-7-8-13(16)9-14(12)15(17)10(11)2;1-3-2/h7-9,15H,3-6,17H2,1-2H3;3H,1H2,2H3/b11-10-;. The van der Waals surface area contributed by atoms with E-state index in [0.717, 1.165) is 17.9 Å². The lowest BCUT2D eigenvalue weighted by Gasteiger charge is -2.24. The number of nitrogens with two attached hydrogens (primary N) is 1. The van der Waals surface area contributed by atoms with Crippen molar-refractivity contribution in [1.29, 1.82) is 0 Å². The van der Waals surface area contributed by atoms with Gasteiger partial charge in [0.1, 0.15) is 0 Å².